The van der Waals surface area contributed by atoms with Crippen LogP contribution in [-0.2, 0) is 13.0 Å². The molecule has 2 aromatic heterocycles. The zero-order valence-electron chi connectivity index (χ0n) is 15.7. The maximum Gasteiger partial charge on any atom is 0.336 e. The molecule has 3 nitrogen and oxygen atoms in total. The molecule has 0 spiro atoms. The summed E-state index contributed by atoms with van der Waals surface area (Å²) in [6, 6.07) is 10.1. The van der Waals surface area contributed by atoms with Crippen LogP contribution in [0.4, 0.5) is 0 Å². The van der Waals surface area contributed by atoms with Gasteiger partial charge in [0.05, 0.1) is 0 Å². The molecule has 25 heavy (non-hydrogen) atoms. The van der Waals surface area contributed by atoms with Gasteiger partial charge in [-0.2, -0.15) is 4.57 Å². The van der Waals surface area contributed by atoms with Crippen molar-refractivity contribution in [3.8, 4) is 0 Å². The molecule has 3 heteroatoms. The predicted octanol–water partition coefficient (Wildman–Crippen LogP) is 4.43. The smallest absolute Gasteiger partial charge is 0.336 e. The van der Waals surface area contributed by atoms with E-state index < -0.39 is 0 Å². The van der Waals surface area contributed by atoms with E-state index in [1.54, 1.807) is 6.07 Å². The minimum atomic E-state index is -0.288. The second-order valence-electron chi connectivity index (χ2n) is 7.11. The van der Waals surface area contributed by atoms with Crippen LogP contribution in [0.2, 0.25) is 0 Å². The number of rotatable bonds is 4. The molecule has 3 aromatic rings. The molecule has 0 aliphatic heterocycles. The van der Waals surface area contributed by atoms with E-state index in [-0.39, 0.29) is 5.63 Å². The molecule has 0 aliphatic rings. The normalized spacial score (nSPS) is 11.4. The van der Waals surface area contributed by atoms with Crippen molar-refractivity contribution in [3.05, 3.63) is 74.9 Å². The summed E-state index contributed by atoms with van der Waals surface area (Å²) in [7, 11) is 0. The number of aromatic nitrogens is 1. The Morgan fingerprint density at radius 3 is 2.56 bits per heavy atom. The van der Waals surface area contributed by atoms with Gasteiger partial charge in [-0.05, 0) is 48.6 Å². The van der Waals surface area contributed by atoms with Gasteiger partial charge in [0, 0.05) is 35.6 Å². The predicted molar refractivity (Wildman–Crippen MR) is 101 cm³/mol. The number of aryl methyl sites for hydroxylation is 3. The van der Waals surface area contributed by atoms with E-state index in [4.69, 9.17) is 4.42 Å². The number of benzene rings is 1. The van der Waals surface area contributed by atoms with Crippen molar-refractivity contribution in [1.82, 2.24) is 0 Å². The molecule has 0 unspecified atom stereocenters. The molecule has 0 atom stereocenters. The highest BCUT2D eigenvalue weighted by Gasteiger charge is 2.15. The van der Waals surface area contributed by atoms with Gasteiger partial charge in [0.15, 0.2) is 18.4 Å². The maximum absolute atomic E-state index is 12.1. The molecule has 0 saturated heterocycles. The molecule has 0 bridgehead atoms. The van der Waals surface area contributed by atoms with Gasteiger partial charge in [-0.3, -0.25) is 0 Å². The Kier molecular flexibility index (Phi) is 4.76. The first-order valence-electron chi connectivity index (χ1n) is 8.95. The van der Waals surface area contributed by atoms with Crippen LogP contribution in [0.5, 0.6) is 0 Å². The average molecular weight is 336 g/mol. The van der Waals surface area contributed by atoms with E-state index in [0.29, 0.717) is 18.0 Å². The van der Waals surface area contributed by atoms with Gasteiger partial charge in [0.25, 0.3) is 0 Å². The third-order valence-electron chi connectivity index (χ3n) is 4.90. The summed E-state index contributed by atoms with van der Waals surface area (Å²) >= 11 is 0. The first-order chi connectivity index (χ1) is 11.9. The maximum atomic E-state index is 12.1. The van der Waals surface area contributed by atoms with Crippen molar-refractivity contribution in [3.63, 3.8) is 0 Å². The molecule has 0 aliphatic carbocycles. The fourth-order valence-electron chi connectivity index (χ4n) is 3.38. The summed E-state index contributed by atoms with van der Waals surface area (Å²) in [5.74, 6) is 0.432. The Morgan fingerprint density at radius 1 is 1.12 bits per heavy atom. The van der Waals surface area contributed by atoms with Crippen LogP contribution >= 0.6 is 0 Å². The Bertz CT molecular complexity index is 983. The van der Waals surface area contributed by atoms with Gasteiger partial charge in [0.2, 0.25) is 0 Å². The molecule has 130 valence electrons. The fraction of sp³-hybridized carbons (Fsp3) is 0.364. The second kappa shape index (κ2) is 6.83. The summed E-state index contributed by atoms with van der Waals surface area (Å²) < 4.78 is 7.68. The van der Waals surface area contributed by atoms with Crippen LogP contribution in [-0.4, -0.2) is 0 Å². The van der Waals surface area contributed by atoms with Crippen molar-refractivity contribution < 1.29 is 8.98 Å². The summed E-state index contributed by atoms with van der Waals surface area (Å²) in [6.45, 7) is 11.4. The molecular weight excluding hydrogens is 310 g/mol. The zero-order valence-corrected chi connectivity index (χ0v) is 15.7. The first-order valence-corrected chi connectivity index (χ1v) is 8.95. The SMILES string of the molecule is CCc1ccc(C)[n+](Cc2cc(=O)oc3cc(C)c(C(C)C)cc23)c1. The molecule has 0 saturated carbocycles. The Balaban J connectivity index is 2.18. The van der Waals surface area contributed by atoms with Gasteiger partial charge < -0.3 is 4.42 Å². The van der Waals surface area contributed by atoms with Crippen LogP contribution in [0.3, 0.4) is 0 Å². The quantitative estimate of drug-likeness (QED) is 0.522. The van der Waals surface area contributed by atoms with Crippen molar-refractivity contribution >= 4 is 11.0 Å². The summed E-state index contributed by atoms with van der Waals surface area (Å²) in [5, 5.41) is 1.03. The van der Waals surface area contributed by atoms with Crippen LogP contribution in [0.1, 0.15) is 54.6 Å². The molecule has 3 rings (SSSR count). The molecule has 1 aromatic carbocycles. The van der Waals surface area contributed by atoms with E-state index >= 15 is 0 Å². The molecule has 0 radical (unpaired) electrons. The Hall–Kier alpha value is -2.42. The highest BCUT2D eigenvalue weighted by atomic mass is 16.4. The third-order valence-corrected chi connectivity index (χ3v) is 4.90. The fourth-order valence-corrected chi connectivity index (χ4v) is 3.38. The lowest BCUT2D eigenvalue weighted by Gasteiger charge is -2.12. The van der Waals surface area contributed by atoms with Gasteiger partial charge in [-0.25, -0.2) is 4.79 Å². The Labute approximate surface area is 148 Å². The number of fused-ring (bicyclic) bond motifs is 1. The first kappa shape index (κ1) is 17.4. The van der Waals surface area contributed by atoms with Gasteiger partial charge in [-0.1, -0.05) is 20.8 Å². The summed E-state index contributed by atoms with van der Waals surface area (Å²) in [4.78, 5) is 12.1. The van der Waals surface area contributed by atoms with Crippen molar-refractivity contribution in [1.29, 1.82) is 0 Å². The lowest BCUT2D eigenvalue weighted by Crippen LogP contribution is -2.38. The van der Waals surface area contributed by atoms with Crippen LogP contribution in [0.15, 0.2) is 45.7 Å². The number of hydrogen-bond donors (Lipinski definition) is 0. The molecule has 0 fully saturated rings. The second-order valence-corrected chi connectivity index (χ2v) is 7.11. The topological polar surface area (TPSA) is 34.1 Å². The van der Waals surface area contributed by atoms with Crippen molar-refractivity contribution in [2.24, 2.45) is 0 Å². The monoisotopic (exact) mass is 336 g/mol. The van der Waals surface area contributed by atoms with E-state index in [2.05, 4.69) is 63.6 Å². The minimum Gasteiger partial charge on any atom is -0.423 e. The highest BCUT2D eigenvalue weighted by Crippen LogP contribution is 2.26. The van der Waals surface area contributed by atoms with E-state index in [1.165, 1.54) is 22.4 Å². The highest BCUT2D eigenvalue weighted by molar-refractivity contribution is 5.82. The standard InChI is InChI=1S/C22H26NO2/c1-6-17-8-7-16(5)23(12-17)13-18-10-22(24)25-21-9-15(4)19(14(2)3)11-20(18)21/h7-12,14H,6,13H2,1-5H3/q+1. The molecule has 0 N–H and O–H groups in total. The molecule has 0 amide bonds. The Morgan fingerprint density at radius 2 is 1.88 bits per heavy atom. The average Bonchev–Trinajstić information content (AvgIpc) is 2.55. The molecule has 2 heterocycles. The van der Waals surface area contributed by atoms with Crippen LogP contribution in [0, 0.1) is 13.8 Å². The lowest BCUT2D eigenvalue weighted by atomic mass is 9.95. The summed E-state index contributed by atoms with van der Waals surface area (Å²) in [5.41, 5.74) is 6.32. The van der Waals surface area contributed by atoms with Crippen molar-refractivity contribution in [2.75, 3.05) is 0 Å². The van der Waals surface area contributed by atoms with E-state index in [1.807, 2.05) is 6.07 Å². The van der Waals surface area contributed by atoms with Gasteiger partial charge in [-0.15, -0.1) is 0 Å². The van der Waals surface area contributed by atoms with Crippen molar-refractivity contribution in [2.45, 2.75) is 53.5 Å². The van der Waals surface area contributed by atoms with E-state index in [0.717, 1.165) is 17.4 Å². The number of nitrogens with zero attached hydrogens (tertiary/aromatic N) is 1. The zero-order chi connectivity index (χ0) is 18.1. The third kappa shape index (κ3) is 3.51. The molecular formula is C22H26NO2+. The lowest BCUT2D eigenvalue weighted by molar-refractivity contribution is -0.694. The number of pyridine rings is 1. The van der Waals surface area contributed by atoms with Gasteiger partial charge >= 0.3 is 5.63 Å². The largest absolute Gasteiger partial charge is 0.423 e. The van der Waals surface area contributed by atoms with Crippen LogP contribution in [0.25, 0.3) is 11.0 Å². The minimum absolute atomic E-state index is 0.288. The van der Waals surface area contributed by atoms with Crippen LogP contribution < -0.4 is 10.2 Å². The van der Waals surface area contributed by atoms with E-state index in [9.17, 15) is 4.79 Å². The van der Waals surface area contributed by atoms with Gasteiger partial charge in [0.1, 0.15) is 5.58 Å². The number of hydrogen-bond acceptors (Lipinski definition) is 2. The summed E-state index contributed by atoms with van der Waals surface area (Å²) in [6.07, 6.45) is 3.17.